The molecule has 5 heterocycles. The number of para-hydroxylation sites is 2. The zero-order valence-electron chi connectivity index (χ0n) is 39.0. The number of fused-ring (bicyclic) bond motifs is 9. The first-order valence-corrected chi connectivity index (χ1v) is 24.0. The van der Waals surface area contributed by atoms with E-state index in [1.165, 1.54) is 33.0 Å². The van der Waals surface area contributed by atoms with Crippen LogP contribution < -0.4 is 0 Å². The zero-order valence-corrected chi connectivity index (χ0v) is 39.0. The molecule has 0 amide bonds. The molecule has 0 saturated heterocycles. The fraction of sp³-hybridized carbons (Fsp3) is 0.0469. The second kappa shape index (κ2) is 15.9. The molecule has 1 aliphatic carbocycles. The van der Waals surface area contributed by atoms with Gasteiger partial charge in [0.1, 0.15) is 0 Å². The van der Waals surface area contributed by atoms with Gasteiger partial charge >= 0.3 is 0 Å². The average Bonchev–Trinajstić information content (AvgIpc) is 4.03. The normalized spacial score (nSPS) is 12.8. The summed E-state index contributed by atoms with van der Waals surface area (Å²) < 4.78 is 4.79. The Labute approximate surface area is 410 Å². The smallest absolute Gasteiger partial charge is 0.164 e. The van der Waals surface area contributed by atoms with Crippen LogP contribution in [0.15, 0.2) is 225 Å². The minimum atomic E-state index is -0.188. The quantitative estimate of drug-likeness (QED) is 0.159. The maximum atomic E-state index is 5.46. The lowest BCUT2D eigenvalue weighted by Crippen LogP contribution is -2.15. The van der Waals surface area contributed by atoms with Crippen LogP contribution in [-0.2, 0) is 5.41 Å². The van der Waals surface area contributed by atoms with E-state index in [1.807, 2.05) is 43.0 Å². The van der Waals surface area contributed by atoms with Crippen molar-refractivity contribution in [3.8, 4) is 78.9 Å². The summed E-state index contributed by atoms with van der Waals surface area (Å²) in [7, 11) is 0. The monoisotopic (exact) mass is 909 g/mol. The Kier molecular flexibility index (Phi) is 9.10. The van der Waals surface area contributed by atoms with Crippen LogP contribution >= 0.6 is 0 Å². The molecule has 0 atom stereocenters. The van der Waals surface area contributed by atoms with Gasteiger partial charge in [-0.2, -0.15) is 0 Å². The number of rotatable bonds is 7. The lowest BCUT2D eigenvalue weighted by molar-refractivity contribution is 0.660. The van der Waals surface area contributed by atoms with Crippen LogP contribution in [0.25, 0.3) is 123 Å². The van der Waals surface area contributed by atoms with Gasteiger partial charge in [-0.15, -0.1) is 0 Å². The molecule has 14 rings (SSSR count). The SMILES string of the molecule is CC1(C)c2ccccc2-c2ccc(-c3nc(-c4ccccc4)nc(-c4cc(-n5c6ccccc6c6cc(-c7ccncc7)ccc65)cc(-n5c6ccccc6c6cc(-c7ccncc7)ccc65)c4)n3)cc21. The van der Waals surface area contributed by atoms with Gasteiger partial charge in [-0.05, 0) is 129 Å². The minimum absolute atomic E-state index is 0.188. The molecule has 7 nitrogen and oxygen atoms in total. The van der Waals surface area contributed by atoms with Crippen molar-refractivity contribution < 1.29 is 0 Å². The van der Waals surface area contributed by atoms with E-state index in [9.17, 15) is 0 Å². The van der Waals surface area contributed by atoms with Gasteiger partial charge in [-0.1, -0.05) is 129 Å². The van der Waals surface area contributed by atoms with Crippen LogP contribution in [0.3, 0.4) is 0 Å². The highest BCUT2D eigenvalue weighted by atomic mass is 15.0. The molecule has 5 aromatic heterocycles. The second-order valence-electron chi connectivity index (χ2n) is 19.0. The molecule has 0 saturated carbocycles. The van der Waals surface area contributed by atoms with Crippen LogP contribution in [0.2, 0.25) is 0 Å². The Bertz CT molecular complexity index is 4070. The molecule has 0 fully saturated rings. The Hall–Kier alpha value is -9.33. The van der Waals surface area contributed by atoms with E-state index in [0.29, 0.717) is 17.5 Å². The van der Waals surface area contributed by atoms with E-state index in [2.05, 4.69) is 215 Å². The topological polar surface area (TPSA) is 74.3 Å². The second-order valence-corrected chi connectivity index (χ2v) is 19.0. The summed E-state index contributed by atoms with van der Waals surface area (Å²) >= 11 is 0. The van der Waals surface area contributed by atoms with Crippen molar-refractivity contribution in [1.82, 2.24) is 34.1 Å². The number of nitrogens with zero attached hydrogens (tertiary/aromatic N) is 7. The highest BCUT2D eigenvalue weighted by Gasteiger charge is 2.35. The third kappa shape index (κ3) is 6.54. The highest BCUT2D eigenvalue weighted by Crippen LogP contribution is 2.49. The van der Waals surface area contributed by atoms with E-state index in [-0.39, 0.29) is 5.41 Å². The van der Waals surface area contributed by atoms with Gasteiger partial charge in [0.25, 0.3) is 0 Å². The highest BCUT2D eigenvalue weighted by molar-refractivity contribution is 6.12. The molecule has 1 aliphatic rings. The molecular formula is C64H43N7. The van der Waals surface area contributed by atoms with Crippen molar-refractivity contribution in [2.45, 2.75) is 19.3 Å². The van der Waals surface area contributed by atoms with Crippen molar-refractivity contribution in [3.05, 3.63) is 236 Å². The molecule has 0 radical (unpaired) electrons. The fourth-order valence-corrected chi connectivity index (χ4v) is 11.1. The Balaban J connectivity index is 1.04. The zero-order chi connectivity index (χ0) is 47.2. The summed E-state index contributed by atoms with van der Waals surface area (Å²) in [6, 6.07) is 71.7. The number of benzene rings is 8. The molecule has 7 heteroatoms. The molecule has 0 spiro atoms. The molecule has 334 valence electrons. The standard InChI is InChI=1S/C64H43N7/c1-64(2)55-17-9-6-14-49(55)50-23-20-45(38-56(50)64)62-67-61(42-12-4-3-5-13-42)68-63(69-62)46-34-47(70-57-18-10-7-15-51(57)53-36-43(21-24-59(53)70)40-26-30-65-31-27-40)39-48(35-46)71-58-19-11-8-16-52(58)54-37-44(22-25-60(54)71)41-28-32-66-33-29-41/h3-39H,1-2H3. The van der Waals surface area contributed by atoms with E-state index >= 15 is 0 Å². The number of pyridine rings is 2. The first kappa shape index (κ1) is 40.7. The summed E-state index contributed by atoms with van der Waals surface area (Å²) in [6.45, 7) is 4.62. The molecular weight excluding hydrogens is 867 g/mol. The summed E-state index contributed by atoms with van der Waals surface area (Å²) in [4.78, 5) is 24.7. The molecule has 0 unspecified atom stereocenters. The van der Waals surface area contributed by atoms with E-state index in [4.69, 9.17) is 15.0 Å². The number of hydrogen-bond acceptors (Lipinski definition) is 5. The minimum Gasteiger partial charge on any atom is -0.309 e. The lowest BCUT2D eigenvalue weighted by Gasteiger charge is -2.21. The summed E-state index contributed by atoms with van der Waals surface area (Å²) in [5.74, 6) is 1.82. The van der Waals surface area contributed by atoms with Gasteiger partial charge in [0.2, 0.25) is 0 Å². The van der Waals surface area contributed by atoms with Crippen molar-refractivity contribution in [2.75, 3.05) is 0 Å². The molecule has 13 aromatic rings. The van der Waals surface area contributed by atoms with Gasteiger partial charge in [-0.25, -0.2) is 15.0 Å². The van der Waals surface area contributed by atoms with E-state index in [0.717, 1.165) is 83.2 Å². The van der Waals surface area contributed by atoms with E-state index < -0.39 is 0 Å². The number of hydrogen-bond donors (Lipinski definition) is 0. The summed E-state index contributed by atoms with van der Waals surface area (Å²) in [6.07, 6.45) is 7.41. The summed E-state index contributed by atoms with van der Waals surface area (Å²) in [5.41, 5.74) is 18.6. The van der Waals surface area contributed by atoms with E-state index in [1.54, 1.807) is 0 Å². The van der Waals surface area contributed by atoms with Gasteiger partial charge in [0, 0.05) is 79.8 Å². The summed E-state index contributed by atoms with van der Waals surface area (Å²) in [5, 5.41) is 4.67. The van der Waals surface area contributed by atoms with Crippen molar-refractivity contribution >= 4 is 43.6 Å². The Morgan fingerprint density at radius 1 is 0.310 bits per heavy atom. The average molecular weight is 910 g/mol. The predicted molar refractivity (Wildman–Crippen MR) is 289 cm³/mol. The van der Waals surface area contributed by atoms with Gasteiger partial charge < -0.3 is 9.13 Å². The first-order valence-electron chi connectivity index (χ1n) is 24.0. The maximum absolute atomic E-state index is 5.46. The Morgan fingerprint density at radius 2 is 0.775 bits per heavy atom. The fourth-order valence-electron chi connectivity index (χ4n) is 11.1. The van der Waals surface area contributed by atoms with Gasteiger partial charge in [-0.3, -0.25) is 9.97 Å². The number of aromatic nitrogens is 7. The van der Waals surface area contributed by atoms with Crippen molar-refractivity contribution in [2.24, 2.45) is 0 Å². The molecule has 0 bridgehead atoms. The van der Waals surface area contributed by atoms with Crippen molar-refractivity contribution in [3.63, 3.8) is 0 Å². The maximum Gasteiger partial charge on any atom is 0.164 e. The largest absolute Gasteiger partial charge is 0.309 e. The molecule has 8 aromatic carbocycles. The lowest BCUT2D eigenvalue weighted by atomic mass is 9.82. The van der Waals surface area contributed by atoms with Crippen LogP contribution in [0, 0.1) is 0 Å². The van der Waals surface area contributed by atoms with Crippen LogP contribution in [-0.4, -0.2) is 34.1 Å². The first-order chi connectivity index (χ1) is 34.9. The van der Waals surface area contributed by atoms with Crippen LogP contribution in [0.1, 0.15) is 25.0 Å². The molecule has 0 N–H and O–H groups in total. The van der Waals surface area contributed by atoms with Crippen LogP contribution in [0.5, 0.6) is 0 Å². The van der Waals surface area contributed by atoms with Crippen molar-refractivity contribution in [1.29, 1.82) is 0 Å². The predicted octanol–water partition coefficient (Wildman–Crippen LogP) is 15.5. The molecule has 71 heavy (non-hydrogen) atoms. The van der Waals surface area contributed by atoms with Gasteiger partial charge in [0.05, 0.1) is 22.1 Å². The third-order valence-electron chi connectivity index (χ3n) is 14.6. The van der Waals surface area contributed by atoms with Crippen LogP contribution in [0.4, 0.5) is 0 Å². The van der Waals surface area contributed by atoms with Gasteiger partial charge in [0.15, 0.2) is 17.5 Å². The molecule has 0 aliphatic heterocycles. The third-order valence-corrected chi connectivity index (χ3v) is 14.6. The Morgan fingerprint density at radius 3 is 1.37 bits per heavy atom.